The fraction of sp³-hybridized carbons (Fsp3) is 0. The Labute approximate surface area is 851 Å². The number of hydrogen-bond donors (Lipinski definition) is 0. The highest BCUT2D eigenvalue weighted by molar-refractivity contribution is 7.02. The predicted octanol–water partition coefficient (Wildman–Crippen LogP) is 32.6. The molecule has 0 saturated carbocycles. The number of rotatable bonds is 24. The first kappa shape index (κ1) is 88.0. The molecule has 4 aliphatic heterocycles. The monoisotopic (exact) mass is 1880 g/mol. The molecule has 0 amide bonds. The Balaban J connectivity index is 0.000000152. The van der Waals surface area contributed by atoms with Gasteiger partial charge in [-0.2, -0.15) is 0 Å². The highest BCUT2D eigenvalue weighted by Crippen LogP contribution is 2.53. The molecule has 146 heavy (non-hydrogen) atoms. The predicted molar refractivity (Wildman–Crippen MR) is 606 cm³/mol. The Hall–Kier alpha value is -19.4. The van der Waals surface area contributed by atoms with E-state index in [1.807, 2.05) is 72.8 Å². The molecule has 0 N–H and O–H groups in total. The van der Waals surface area contributed by atoms with Gasteiger partial charge >= 0.3 is 0 Å². The average molecular weight is 1880 g/mol. The number of benzene rings is 22. The summed E-state index contributed by atoms with van der Waals surface area (Å²) >= 11 is 0. The van der Waals surface area contributed by atoms with Gasteiger partial charge in [0.15, 0.2) is 0 Å². The molecule has 0 radical (unpaired) electrons. The molecule has 0 unspecified atom stereocenters. The number of fused-ring (bicyclic) bond motifs is 8. The molecule has 12 nitrogen and oxygen atoms in total. The largest absolute Gasteiger partial charge is 0.458 e. The first-order chi connectivity index (χ1) is 72.4. The molecule has 0 fully saturated rings. The molecule has 22 aromatic rings. The highest BCUT2D eigenvalue weighted by Gasteiger charge is 2.48. The normalized spacial score (nSPS) is 11.9. The van der Waals surface area contributed by atoms with Gasteiger partial charge in [-0.05, 0) is 251 Å². The Morgan fingerprint density at radius 1 is 0.151 bits per heavy atom. The molecule has 0 atom stereocenters. The zero-order valence-corrected chi connectivity index (χ0v) is 79.6. The van der Waals surface area contributed by atoms with Crippen LogP contribution in [0.3, 0.4) is 0 Å². The maximum atomic E-state index is 7.42. The van der Waals surface area contributed by atoms with Crippen LogP contribution in [0, 0.1) is 0 Å². The number of hydrogen-bond acceptors (Lipinski definition) is 12. The van der Waals surface area contributed by atoms with Gasteiger partial charge in [-0.25, -0.2) is 0 Å². The van der Waals surface area contributed by atoms with Crippen molar-refractivity contribution in [2.45, 2.75) is 0 Å². The summed E-state index contributed by atoms with van der Waals surface area (Å²) in [6.45, 7) is -0.288. The van der Waals surface area contributed by atoms with E-state index in [1.165, 1.54) is 10.9 Å². The lowest BCUT2D eigenvalue weighted by Gasteiger charge is -2.43. The molecule has 4 aliphatic rings. The molecule has 0 bridgehead atoms. The topological polar surface area (TPSA) is 62.8 Å². The molecule has 4 heterocycles. The van der Waals surface area contributed by atoms with Crippen LogP contribution >= 0.6 is 0 Å². The summed E-state index contributed by atoms with van der Waals surface area (Å²) < 4.78 is 28.8. The van der Waals surface area contributed by atoms with Crippen molar-refractivity contribution in [1.29, 1.82) is 0 Å². The minimum atomic E-state index is -0.144. The van der Waals surface area contributed by atoms with Crippen LogP contribution in [0.5, 0.6) is 46.0 Å². The number of para-hydroxylation sites is 16. The lowest BCUT2D eigenvalue weighted by Crippen LogP contribution is -2.63. The molecule has 692 valence electrons. The van der Waals surface area contributed by atoms with Crippen molar-refractivity contribution in [3.8, 4) is 46.0 Å². The average Bonchev–Trinajstić information content (AvgIpc) is 0.692. The SMILES string of the molecule is c1ccc(N(c2ccccc2)c2cc(Oc3cccc(Oc4cc(N(c5ccccc5)c5ccccc5)cc(N(c5ccccc5)c5ccccc5)c4)c3)cc(N(c3ccccc3)c3ccccc3)c2)cc1.c1ccc(N(c2ccccc2)c2cc3c4c(c2)N(c2ccccc2)c2ccccc2B4c2cc4c(cc2O3)Oc2cc(N(c3ccccc3)c3ccccc3)cc3c2B4c2ccccc2N3c2ccccc2)cc1. The van der Waals surface area contributed by atoms with Crippen LogP contribution in [0.1, 0.15) is 0 Å². The van der Waals surface area contributed by atoms with Gasteiger partial charge in [-0.15, -0.1) is 0 Å². The van der Waals surface area contributed by atoms with Gasteiger partial charge in [-0.1, -0.05) is 303 Å². The van der Waals surface area contributed by atoms with Gasteiger partial charge < -0.3 is 58.1 Å². The van der Waals surface area contributed by atoms with Crippen molar-refractivity contribution < 1.29 is 18.9 Å². The van der Waals surface area contributed by atoms with E-state index in [4.69, 9.17) is 18.9 Å². The van der Waals surface area contributed by atoms with Crippen LogP contribution in [0.4, 0.5) is 136 Å². The second-order valence-corrected chi connectivity index (χ2v) is 36.3. The van der Waals surface area contributed by atoms with Gasteiger partial charge in [0.1, 0.15) is 46.0 Å². The van der Waals surface area contributed by atoms with Crippen molar-refractivity contribution in [1.82, 2.24) is 0 Å². The third-order valence-corrected chi connectivity index (χ3v) is 27.2. The summed E-state index contributed by atoms with van der Waals surface area (Å²) in [6, 6.07) is 200. The summed E-state index contributed by atoms with van der Waals surface area (Å²) in [5, 5.41) is 0. The summed E-state index contributed by atoms with van der Waals surface area (Å²) in [5.41, 5.74) is 31.6. The molecular formula is C132H94B2N8O4. The molecule has 22 aromatic carbocycles. The van der Waals surface area contributed by atoms with Crippen molar-refractivity contribution in [3.63, 3.8) is 0 Å². The second-order valence-electron chi connectivity index (χ2n) is 36.3. The summed E-state index contributed by atoms with van der Waals surface area (Å²) in [5.74, 6) is 5.73. The number of anilines is 24. The fourth-order valence-electron chi connectivity index (χ4n) is 21.1. The third kappa shape index (κ3) is 17.2. The van der Waals surface area contributed by atoms with E-state index in [0.717, 1.165) is 181 Å². The summed E-state index contributed by atoms with van der Waals surface area (Å²) in [6.07, 6.45) is 0. The van der Waals surface area contributed by atoms with Crippen molar-refractivity contribution in [3.05, 3.63) is 570 Å². The molecule has 14 heteroatoms. The minimum absolute atomic E-state index is 0.144. The summed E-state index contributed by atoms with van der Waals surface area (Å²) in [4.78, 5) is 18.5. The Morgan fingerprint density at radius 2 is 0.370 bits per heavy atom. The van der Waals surface area contributed by atoms with Gasteiger partial charge in [0.05, 0.1) is 34.1 Å². The Morgan fingerprint density at radius 3 is 0.616 bits per heavy atom. The van der Waals surface area contributed by atoms with Gasteiger partial charge in [0.2, 0.25) is 0 Å². The maximum absolute atomic E-state index is 7.42. The van der Waals surface area contributed by atoms with E-state index in [-0.39, 0.29) is 13.4 Å². The van der Waals surface area contributed by atoms with E-state index < -0.39 is 0 Å². The minimum Gasteiger partial charge on any atom is -0.458 e. The van der Waals surface area contributed by atoms with E-state index >= 15 is 0 Å². The lowest BCUT2D eigenvalue weighted by molar-refractivity contribution is 0.460. The number of nitrogens with zero attached hydrogens (tertiary/aromatic N) is 8. The second kappa shape index (κ2) is 39.3. The van der Waals surface area contributed by atoms with Crippen LogP contribution < -0.4 is 90.9 Å². The van der Waals surface area contributed by atoms with E-state index in [2.05, 4.69) is 537 Å². The summed E-state index contributed by atoms with van der Waals surface area (Å²) in [7, 11) is 0. The van der Waals surface area contributed by atoms with E-state index in [0.29, 0.717) is 23.0 Å². The number of ether oxygens (including phenoxy) is 4. The molecule has 0 aliphatic carbocycles. The zero-order chi connectivity index (χ0) is 97.0. The van der Waals surface area contributed by atoms with Gasteiger partial charge in [0.25, 0.3) is 13.4 Å². The standard InChI is InChI=1S/C66H44B2N4O2.C66H50N4O2/c1-7-23-45(24-8-1)69(46-25-9-2-10-26-46)51-39-59-65-63(41-51)73-61-44-62-56(43-55(61)67(65)53-35-19-21-37-57(53)71(59)49-31-15-5-16-32-49)68-54-36-20-22-38-58(54)72(50-33-17-6-18-34-50)60-40-52(42-64(74-62)66(60)68)70(47-27-11-3-12-28-47)48-29-13-4-14-30-48;1-9-26-51(27-10-1)67(52-28-11-2-12-29-52)59-44-60(68(53-30-13-3-14-31-53)54-32-15-4-16-33-54)47-65(46-59)71-63-42-25-43-64(50-63)72-66-48-61(69(55-34-17-5-18-35-55)56-36-19-6-20-37-56)45-62(49-66)70(57-38-21-7-22-39-57)58-40-23-8-24-41-58/h1-44H;1-50H. The van der Waals surface area contributed by atoms with Crippen molar-refractivity contribution in [2.75, 3.05) is 39.2 Å². The zero-order valence-electron chi connectivity index (χ0n) is 79.6. The first-order valence-electron chi connectivity index (χ1n) is 49.4. The third-order valence-electron chi connectivity index (χ3n) is 27.2. The quantitative estimate of drug-likeness (QED) is 0.0542. The van der Waals surface area contributed by atoms with Crippen molar-refractivity contribution in [2.24, 2.45) is 0 Å². The van der Waals surface area contributed by atoms with Gasteiger partial charge in [-0.3, -0.25) is 0 Å². The van der Waals surface area contributed by atoms with Crippen LogP contribution in [0.2, 0.25) is 0 Å². The van der Waals surface area contributed by atoms with Crippen LogP contribution in [0.15, 0.2) is 570 Å². The van der Waals surface area contributed by atoms with Crippen LogP contribution in [0.25, 0.3) is 0 Å². The Kier molecular flexibility index (Phi) is 23.7. The molecule has 0 spiro atoms. The maximum Gasteiger partial charge on any atom is 0.256 e. The van der Waals surface area contributed by atoms with Crippen LogP contribution in [-0.2, 0) is 0 Å². The lowest BCUT2D eigenvalue weighted by atomic mass is 9.31. The molecule has 0 aromatic heterocycles. The van der Waals surface area contributed by atoms with Crippen molar-refractivity contribution >= 4 is 183 Å². The van der Waals surface area contributed by atoms with E-state index in [1.54, 1.807) is 0 Å². The fourth-order valence-corrected chi connectivity index (χ4v) is 21.1. The van der Waals surface area contributed by atoms with Gasteiger partial charge in [0, 0.05) is 151 Å². The Bertz CT molecular complexity index is 7470. The first-order valence-corrected chi connectivity index (χ1v) is 49.4. The molecule has 0 saturated heterocycles. The highest BCUT2D eigenvalue weighted by atomic mass is 16.5. The smallest absolute Gasteiger partial charge is 0.256 e. The molecular weight excluding hydrogens is 1780 g/mol. The van der Waals surface area contributed by atoms with E-state index in [9.17, 15) is 0 Å². The van der Waals surface area contributed by atoms with Crippen LogP contribution in [-0.4, -0.2) is 13.4 Å². The molecule has 26 rings (SSSR count).